The highest BCUT2D eigenvalue weighted by atomic mass is 16.5. The summed E-state index contributed by atoms with van der Waals surface area (Å²) in [4.78, 5) is 0. The Morgan fingerprint density at radius 1 is 1.50 bits per heavy atom. The molecule has 0 aromatic carbocycles. The molecule has 0 saturated heterocycles. The zero-order chi connectivity index (χ0) is 10.4. The van der Waals surface area contributed by atoms with Crippen LogP contribution in [0.4, 0.5) is 0 Å². The van der Waals surface area contributed by atoms with E-state index < -0.39 is 0 Å². The Morgan fingerprint density at radius 2 is 2.21 bits per heavy atom. The van der Waals surface area contributed by atoms with Crippen LogP contribution in [0.1, 0.15) is 32.6 Å². The average Bonchev–Trinajstić information content (AvgIpc) is 2.97. The third-order valence-electron chi connectivity index (χ3n) is 3.11. The van der Waals surface area contributed by atoms with Crippen molar-refractivity contribution in [1.82, 2.24) is 5.32 Å². The van der Waals surface area contributed by atoms with E-state index in [9.17, 15) is 0 Å². The van der Waals surface area contributed by atoms with Gasteiger partial charge < -0.3 is 15.2 Å². The Bertz CT molecular complexity index is 157. The van der Waals surface area contributed by atoms with E-state index >= 15 is 0 Å². The fourth-order valence-corrected chi connectivity index (χ4v) is 1.69. The van der Waals surface area contributed by atoms with Crippen LogP contribution in [0, 0.1) is 5.41 Å². The van der Waals surface area contributed by atoms with Crippen LogP contribution in [0.3, 0.4) is 0 Å². The maximum Gasteiger partial charge on any atom is 0.0695 e. The molecule has 2 N–H and O–H groups in total. The standard InChI is InChI=1S/C11H23NO2/c1-3-4-10(14-2)7-12-8-11(9-13)5-6-11/h10,12-13H,3-9H2,1-2H3. The molecule has 0 radical (unpaired) electrons. The van der Waals surface area contributed by atoms with Crippen LogP contribution in [0.25, 0.3) is 0 Å². The van der Waals surface area contributed by atoms with Gasteiger partial charge >= 0.3 is 0 Å². The van der Waals surface area contributed by atoms with Crippen molar-refractivity contribution in [2.24, 2.45) is 5.41 Å². The predicted molar refractivity (Wildman–Crippen MR) is 57.3 cm³/mol. The van der Waals surface area contributed by atoms with Crippen molar-refractivity contribution < 1.29 is 9.84 Å². The Morgan fingerprint density at radius 3 is 2.64 bits per heavy atom. The second-order valence-corrected chi connectivity index (χ2v) is 4.44. The van der Waals surface area contributed by atoms with Crippen molar-refractivity contribution in [1.29, 1.82) is 0 Å². The van der Waals surface area contributed by atoms with Gasteiger partial charge in [-0.05, 0) is 19.3 Å². The van der Waals surface area contributed by atoms with Crippen LogP contribution in [0.5, 0.6) is 0 Å². The monoisotopic (exact) mass is 201 g/mol. The summed E-state index contributed by atoms with van der Waals surface area (Å²) < 4.78 is 5.33. The molecule has 0 aromatic rings. The molecule has 1 aliphatic rings. The second kappa shape index (κ2) is 5.69. The maximum absolute atomic E-state index is 9.11. The number of ether oxygens (including phenoxy) is 1. The molecule has 0 spiro atoms. The van der Waals surface area contributed by atoms with Crippen LogP contribution in [0.2, 0.25) is 0 Å². The van der Waals surface area contributed by atoms with E-state index in [0.717, 1.165) is 25.9 Å². The Hall–Kier alpha value is -0.120. The molecule has 0 heterocycles. The molecule has 14 heavy (non-hydrogen) atoms. The summed E-state index contributed by atoms with van der Waals surface area (Å²) in [6, 6.07) is 0. The average molecular weight is 201 g/mol. The lowest BCUT2D eigenvalue weighted by molar-refractivity contribution is 0.0909. The molecule has 1 fully saturated rings. The van der Waals surface area contributed by atoms with E-state index in [4.69, 9.17) is 9.84 Å². The van der Waals surface area contributed by atoms with Crippen molar-refractivity contribution in [3.8, 4) is 0 Å². The number of rotatable bonds is 8. The molecule has 1 saturated carbocycles. The van der Waals surface area contributed by atoms with E-state index in [2.05, 4.69) is 12.2 Å². The summed E-state index contributed by atoms with van der Waals surface area (Å²) in [5.74, 6) is 0. The highest BCUT2D eigenvalue weighted by Crippen LogP contribution is 2.44. The number of hydrogen-bond donors (Lipinski definition) is 2. The summed E-state index contributed by atoms with van der Waals surface area (Å²) in [5, 5.41) is 12.5. The van der Waals surface area contributed by atoms with E-state index in [-0.39, 0.29) is 5.41 Å². The molecule has 0 bridgehead atoms. The molecule has 3 heteroatoms. The number of hydrogen-bond acceptors (Lipinski definition) is 3. The summed E-state index contributed by atoms with van der Waals surface area (Å²) in [7, 11) is 1.76. The molecule has 84 valence electrons. The summed E-state index contributed by atoms with van der Waals surface area (Å²) in [5.41, 5.74) is 0.213. The largest absolute Gasteiger partial charge is 0.396 e. The zero-order valence-electron chi connectivity index (χ0n) is 9.38. The SMILES string of the molecule is CCCC(CNCC1(CO)CC1)OC. The number of methoxy groups -OCH3 is 1. The first-order chi connectivity index (χ1) is 6.76. The Labute approximate surface area is 86.8 Å². The molecular formula is C11H23NO2. The first kappa shape index (κ1) is 12.0. The third kappa shape index (κ3) is 3.56. The van der Waals surface area contributed by atoms with E-state index in [1.54, 1.807) is 7.11 Å². The van der Waals surface area contributed by atoms with Gasteiger partial charge in [0.25, 0.3) is 0 Å². The molecule has 3 nitrogen and oxygen atoms in total. The predicted octanol–water partition coefficient (Wildman–Crippen LogP) is 1.16. The lowest BCUT2D eigenvalue weighted by atomic mass is 10.1. The molecule has 0 amide bonds. The van der Waals surface area contributed by atoms with E-state index in [1.165, 1.54) is 12.8 Å². The van der Waals surface area contributed by atoms with Crippen molar-refractivity contribution in [3.05, 3.63) is 0 Å². The van der Waals surface area contributed by atoms with Crippen molar-refractivity contribution in [2.45, 2.75) is 38.7 Å². The Balaban J connectivity index is 2.07. The van der Waals surface area contributed by atoms with Gasteiger partial charge in [-0.2, -0.15) is 0 Å². The quantitative estimate of drug-likeness (QED) is 0.619. The molecule has 1 aliphatic carbocycles. The van der Waals surface area contributed by atoms with E-state index in [0.29, 0.717) is 12.7 Å². The molecule has 1 unspecified atom stereocenters. The van der Waals surface area contributed by atoms with Crippen LogP contribution in [-0.4, -0.2) is 38.0 Å². The minimum atomic E-state index is 0.213. The minimum Gasteiger partial charge on any atom is -0.396 e. The highest BCUT2D eigenvalue weighted by molar-refractivity contribution is 4.94. The van der Waals surface area contributed by atoms with Crippen LogP contribution < -0.4 is 5.32 Å². The topological polar surface area (TPSA) is 41.5 Å². The number of nitrogens with one attached hydrogen (secondary N) is 1. The minimum absolute atomic E-state index is 0.213. The molecule has 0 aliphatic heterocycles. The third-order valence-corrected chi connectivity index (χ3v) is 3.11. The van der Waals surface area contributed by atoms with Crippen molar-refractivity contribution in [3.63, 3.8) is 0 Å². The zero-order valence-corrected chi connectivity index (χ0v) is 9.38. The van der Waals surface area contributed by atoms with Crippen LogP contribution in [0.15, 0.2) is 0 Å². The highest BCUT2D eigenvalue weighted by Gasteiger charge is 2.41. The van der Waals surface area contributed by atoms with Gasteiger partial charge in [-0.3, -0.25) is 0 Å². The van der Waals surface area contributed by atoms with Gasteiger partial charge in [0, 0.05) is 32.2 Å². The van der Waals surface area contributed by atoms with Gasteiger partial charge in [0.05, 0.1) is 6.10 Å². The number of aliphatic hydroxyl groups is 1. The second-order valence-electron chi connectivity index (χ2n) is 4.44. The maximum atomic E-state index is 9.11. The fraction of sp³-hybridized carbons (Fsp3) is 1.00. The fourth-order valence-electron chi connectivity index (χ4n) is 1.69. The van der Waals surface area contributed by atoms with Gasteiger partial charge in [0.1, 0.15) is 0 Å². The lowest BCUT2D eigenvalue weighted by Gasteiger charge is -2.18. The van der Waals surface area contributed by atoms with Crippen LogP contribution >= 0.6 is 0 Å². The van der Waals surface area contributed by atoms with E-state index in [1.807, 2.05) is 0 Å². The van der Waals surface area contributed by atoms with Crippen LogP contribution in [-0.2, 0) is 4.74 Å². The smallest absolute Gasteiger partial charge is 0.0695 e. The lowest BCUT2D eigenvalue weighted by Crippen LogP contribution is -2.33. The van der Waals surface area contributed by atoms with Gasteiger partial charge in [-0.25, -0.2) is 0 Å². The first-order valence-corrected chi connectivity index (χ1v) is 5.61. The summed E-state index contributed by atoms with van der Waals surface area (Å²) in [6.07, 6.45) is 4.93. The first-order valence-electron chi connectivity index (χ1n) is 5.61. The summed E-state index contributed by atoms with van der Waals surface area (Å²) in [6.45, 7) is 4.34. The van der Waals surface area contributed by atoms with Gasteiger partial charge in [0.2, 0.25) is 0 Å². The molecule has 0 aromatic heterocycles. The number of aliphatic hydroxyl groups excluding tert-OH is 1. The van der Waals surface area contributed by atoms with Gasteiger partial charge in [-0.1, -0.05) is 13.3 Å². The molecule has 1 atom stereocenters. The van der Waals surface area contributed by atoms with Gasteiger partial charge in [-0.15, -0.1) is 0 Å². The van der Waals surface area contributed by atoms with Crippen molar-refractivity contribution >= 4 is 0 Å². The normalized spacial score (nSPS) is 20.8. The van der Waals surface area contributed by atoms with Crippen molar-refractivity contribution in [2.75, 3.05) is 26.8 Å². The molecule has 1 rings (SSSR count). The van der Waals surface area contributed by atoms with Gasteiger partial charge in [0.15, 0.2) is 0 Å². The Kier molecular flexibility index (Phi) is 4.85. The molecular weight excluding hydrogens is 178 g/mol. The summed E-state index contributed by atoms with van der Waals surface area (Å²) >= 11 is 0.